The molecule has 2 N–H and O–H groups in total. The second-order valence-electron chi connectivity index (χ2n) is 4.37. The van der Waals surface area contributed by atoms with Crippen LogP contribution in [0.2, 0.25) is 0 Å². The van der Waals surface area contributed by atoms with Gasteiger partial charge in [-0.05, 0) is 17.7 Å². The fraction of sp³-hybridized carbons (Fsp3) is 0.0625. The number of carbonyl (C=O) groups excluding carboxylic acids is 2. The number of hydrogen-bond donors (Lipinski definition) is 2. The van der Waals surface area contributed by atoms with Gasteiger partial charge in [0.1, 0.15) is 6.61 Å². The highest BCUT2D eigenvalue weighted by atomic mass is 16.5. The summed E-state index contributed by atoms with van der Waals surface area (Å²) in [5.41, 5.74) is 0.798. The van der Waals surface area contributed by atoms with Crippen LogP contribution in [0, 0.1) is 0 Å². The molecular formula is C16H13NO5. The maximum Gasteiger partial charge on any atom is 0.411 e. The Morgan fingerprint density at radius 1 is 0.955 bits per heavy atom. The van der Waals surface area contributed by atoms with Gasteiger partial charge in [-0.25, -0.2) is 9.59 Å². The number of aliphatic carboxylic acids is 1. The Labute approximate surface area is 126 Å². The van der Waals surface area contributed by atoms with Crippen molar-refractivity contribution in [3.05, 3.63) is 65.7 Å². The first-order chi connectivity index (χ1) is 10.6. The maximum absolute atomic E-state index is 11.7. The molecular weight excluding hydrogens is 286 g/mol. The number of Topliss-reactive ketones (excluding diaryl/α,β-unsaturated/α-hetero) is 1. The zero-order valence-electron chi connectivity index (χ0n) is 11.5. The molecule has 0 saturated carbocycles. The standard InChI is InChI=1S/C16H13NO5/c18-14(15(19)20)12-8-4-5-9-13(12)17-16(21)22-10-11-6-2-1-3-7-11/h1-9H,10H2,(H,17,21)(H,19,20). The quantitative estimate of drug-likeness (QED) is 0.654. The molecule has 0 aromatic heterocycles. The lowest BCUT2D eigenvalue weighted by molar-refractivity contribution is -0.131. The van der Waals surface area contributed by atoms with Gasteiger partial charge >= 0.3 is 12.1 Å². The van der Waals surface area contributed by atoms with Crippen molar-refractivity contribution in [1.82, 2.24) is 0 Å². The van der Waals surface area contributed by atoms with Crippen molar-refractivity contribution in [1.29, 1.82) is 0 Å². The molecule has 0 unspecified atom stereocenters. The number of para-hydroxylation sites is 1. The van der Waals surface area contributed by atoms with Gasteiger partial charge in [-0.15, -0.1) is 0 Å². The summed E-state index contributed by atoms with van der Waals surface area (Å²) in [6, 6.07) is 14.9. The van der Waals surface area contributed by atoms with E-state index in [2.05, 4.69) is 5.32 Å². The fourth-order valence-corrected chi connectivity index (χ4v) is 1.77. The van der Waals surface area contributed by atoms with Crippen molar-refractivity contribution in [3.8, 4) is 0 Å². The van der Waals surface area contributed by atoms with E-state index in [1.165, 1.54) is 18.2 Å². The molecule has 0 bridgehead atoms. The van der Waals surface area contributed by atoms with Crippen LogP contribution in [-0.4, -0.2) is 23.0 Å². The minimum Gasteiger partial charge on any atom is -0.475 e. The number of carbonyl (C=O) groups is 3. The average molecular weight is 299 g/mol. The predicted octanol–water partition coefficient (Wildman–Crippen LogP) is 2.70. The number of carboxylic acids is 1. The smallest absolute Gasteiger partial charge is 0.411 e. The molecule has 0 aliphatic rings. The van der Waals surface area contributed by atoms with Gasteiger partial charge < -0.3 is 9.84 Å². The van der Waals surface area contributed by atoms with Crippen molar-refractivity contribution < 1.29 is 24.2 Å². The molecule has 2 rings (SSSR count). The van der Waals surface area contributed by atoms with Crippen LogP contribution in [-0.2, 0) is 16.1 Å². The Kier molecular flexibility index (Phi) is 4.87. The van der Waals surface area contributed by atoms with E-state index in [1.54, 1.807) is 18.2 Å². The number of ether oxygens (including phenoxy) is 1. The summed E-state index contributed by atoms with van der Waals surface area (Å²) in [7, 11) is 0. The first kappa shape index (κ1) is 15.2. The van der Waals surface area contributed by atoms with Crippen molar-refractivity contribution >= 4 is 23.5 Å². The lowest BCUT2D eigenvalue weighted by Crippen LogP contribution is -2.19. The highest BCUT2D eigenvalue weighted by Crippen LogP contribution is 2.16. The van der Waals surface area contributed by atoms with Gasteiger partial charge in [0.15, 0.2) is 0 Å². The van der Waals surface area contributed by atoms with E-state index in [0.717, 1.165) is 5.56 Å². The Hall–Kier alpha value is -3.15. The number of amides is 1. The molecule has 6 heteroatoms. The van der Waals surface area contributed by atoms with Gasteiger partial charge in [0, 0.05) is 0 Å². The average Bonchev–Trinajstić information content (AvgIpc) is 2.53. The van der Waals surface area contributed by atoms with Gasteiger partial charge in [0.05, 0.1) is 11.3 Å². The number of ketones is 1. The third-order valence-electron chi connectivity index (χ3n) is 2.82. The van der Waals surface area contributed by atoms with Crippen LogP contribution in [0.15, 0.2) is 54.6 Å². The van der Waals surface area contributed by atoms with Crippen LogP contribution < -0.4 is 5.32 Å². The number of nitrogens with one attached hydrogen (secondary N) is 1. The fourth-order valence-electron chi connectivity index (χ4n) is 1.77. The zero-order valence-corrected chi connectivity index (χ0v) is 11.5. The second kappa shape index (κ2) is 7.03. The van der Waals surface area contributed by atoms with Gasteiger partial charge in [-0.2, -0.15) is 0 Å². The summed E-state index contributed by atoms with van der Waals surface area (Å²) in [5.74, 6) is -2.69. The first-order valence-corrected chi connectivity index (χ1v) is 6.42. The van der Waals surface area contributed by atoms with E-state index in [1.807, 2.05) is 18.2 Å². The summed E-state index contributed by atoms with van der Waals surface area (Å²) in [6.45, 7) is 0.0711. The molecule has 112 valence electrons. The third-order valence-corrected chi connectivity index (χ3v) is 2.82. The van der Waals surface area contributed by atoms with Crippen LogP contribution in [0.3, 0.4) is 0 Å². The second-order valence-corrected chi connectivity index (χ2v) is 4.37. The summed E-state index contributed by atoms with van der Waals surface area (Å²) < 4.78 is 5.02. The molecule has 2 aromatic rings. The zero-order chi connectivity index (χ0) is 15.9. The highest BCUT2D eigenvalue weighted by Gasteiger charge is 2.19. The normalized spacial score (nSPS) is 9.82. The number of hydrogen-bond acceptors (Lipinski definition) is 4. The third kappa shape index (κ3) is 3.92. The van der Waals surface area contributed by atoms with Crippen molar-refractivity contribution in [3.63, 3.8) is 0 Å². The van der Waals surface area contributed by atoms with E-state index in [-0.39, 0.29) is 17.9 Å². The molecule has 0 fully saturated rings. The SMILES string of the molecule is O=C(Nc1ccccc1C(=O)C(=O)O)OCc1ccccc1. The Bertz CT molecular complexity index is 697. The molecule has 0 spiro atoms. The molecule has 2 aromatic carbocycles. The number of rotatable bonds is 5. The number of anilines is 1. The molecule has 1 amide bonds. The molecule has 6 nitrogen and oxygen atoms in total. The molecule has 0 aliphatic carbocycles. The van der Waals surface area contributed by atoms with E-state index < -0.39 is 17.8 Å². The van der Waals surface area contributed by atoms with E-state index in [4.69, 9.17) is 9.84 Å². The van der Waals surface area contributed by atoms with E-state index >= 15 is 0 Å². The van der Waals surface area contributed by atoms with Crippen molar-refractivity contribution in [2.75, 3.05) is 5.32 Å². The van der Waals surface area contributed by atoms with Crippen LogP contribution >= 0.6 is 0 Å². The Morgan fingerprint density at radius 2 is 1.59 bits per heavy atom. The van der Waals surface area contributed by atoms with Crippen LogP contribution in [0.5, 0.6) is 0 Å². The minimum absolute atomic E-state index is 0.0711. The number of benzene rings is 2. The summed E-state index contributed by atoms with van der Waals surface area (Å²) >= 11 is 0. The van der Waals surface area contributed by atoms with Gasteiger partial charge in [0.25, 0.3) is 5.78 Å². The van der Waals surface area contributed by atoms with Gasteiger partial charge in [0.2, 0.25) is 0 Å². The molecule has 0 aliphatic heterocycles. The van der Waals surface area contributed by atoms with Crippen LogP contribution in [0.4, 0.5) is 10.5 Å². The van der Waals surface area contributed by atoms with Gasteiger partial charge in [-0.1, -0.05) is 42.5 Å². The van der Waals surface area contributed by atoms with Crippen LogP contribution in [0.25, 0.3) is 0 Å². The Balaban J connectivity index is 2.03. The molecule has 0 atom stereocenters. The summed E-state index contributed by atoms with van der Waals surface area (Å²) in [6.07, 6.45) is -0.769. The first-order valence-electron chi connectivity index (χ1n) is 6.42. The van der Waals surface area contributed by atoms with Gasteiger partial charge in [-0.3, -0.25) is 10.1 Å². The Morgan fingerprint density at radius 3 is 2.27 bits per heavy atom. The molecule has 0 heterocycles. The van der Waals surface area contributed by atoms with E-state index in [0.29, 0.717) is 0 Å². The predicted molar refractivity (Wildman–Crippen MR) is 78.7 cm³/mol. The largest absolute Gasteiger partial charge is 0.475 e. The van der Waals surface area contributed by atoms with Crippen molar-refractivity contribution in [2.24, 2.45) is 0 Å². The maximum atomic E-state index is 11.7. The molecule has 0 radical (unpaired) electrons. The lowest BCUT2D eigenvalue weighted by atomic mass is 10.1. The molecule has 0 saturated heterocycles. The monoisotopic (exact) mass is 299 g/mol. The number of carboxylic acid groups (broad SMARTS) is 1. The lowest BCUT2D eigenvalue weighted by Gasteiger charge is -2.09. The summed E-state index contributed by atoms with van der Waals surface area (Å²) in [4.78, 5) is 34.0. The summed E-state index contributed by atoms with van der Waals surface area (Å²) in [5, 5.41) is 11.1. The minimum atomic E-state index is -1.59. The van der Waals surface area contributed by atoms with Crippen LogP contribution in [0.1, 0.15) is 15.9 Å². The van der Waals surface area contributed by atoms with E-state index in [9.17, 15) is 14.4 Å². The topological polar surface area (TPSA) is 92.7 Å². The molecule has 22 heavy (non-hydrogen) atoms. The highest BCUT2D eigenvalue weighted by molar-refractivity contribution is 6.41. The van der Waals surface area contributed by atoms with Crippen molar-refractivity contribution in [2.45, 2.75) is 6.61 Å².